The largest absolute Gasteiger partial charge is 0.484 e. The number of aromatic nitrogens is 2. The molecule has 1 heterocycles. The fourth-order valence-electron chi connectivity index (χ4n) is 1.77. The van der Waals surface area contributed by atoms with Crippen molar-refractivity contribution in [3.63, 3.8) is 0 Å². The van der Waals surface area contributed by atoms with Crippen LogP contribution in [0.1, 0.15) is 11.3 Å². The van der Waals surface area contributed by atoms with Crippen LogP contribution in [-0.4, -0.2) is 27.3 Å². The average Bonchev–Trinajstić information content (AvgIpc) is 2.75. The van der Waals surface area contributed by atoms with Crippen molar-refractivity contribution in [1.29, 1.82) is 0 Å². The molecule has 2 rings (SSSR count). The number of thiocarbonyl (C=S) groups is 1. The minimum absolute atomic E-state index is 0.0826. The smallest absolute Gasteiger partial charge is 0.262 e. The first-order valence-corrected chi connectivity index (χ1v) is 6.69. The summed E-state index contributed by atoms with van der Waals surface area (Å²) in [4.78, 5) is 12.1. The topological polar surface area (TPSA) is 82.2 Å². The van der Waals surface area contributed by atoms with Gasteiger partial charge in [-0.15, -0.1) is 0 Å². The van der Waals surface area contributed by atoms with Gasteiger partial charge in [0.15, 0.2) is 6.61 Å². The fraction of sp³-hybridized carbons (Fsp3) is 0.214. The van der Waals surface area contributed by atoms with Gasteiger partial charge in [0, 0.05) is 18.8 Å². The van der Waals surface area contributed by atoms with Crippen LogP contribution >= 0.6 is 12.2 Å². The van der Waals surface area contributed by atoms with Crippen LogP contribution in [0.5, 0.6) is 5.75 Å². The summed E-state index contributed by atoms with van der Waals surface area (Å²) in [6, 6.07) is 6.94. The molecule has 0 unspecified atom stereocenters. The van der Waals surface area contributed by atoms with Gasteiger partial charge in [0.05, 0.1) is 11.4 Å². The van der Waals surface area contributed by atoms with Gasteiger partial charge in [-0.05, 0) is 31.2 Å². The maximum Gasteiger partial charge on any atom is 0.262 e. The summed E-state index contributed by atoms with van der Waals surface area (Å²) in [5.74, 6) is 0.331. The third kappa shape index (κ3) is 4.03. The number of hydrogen-bond acceptors (Lipinski definition) is 4. The van der Waals surface area contributed by atoms with Crippen molar-refractivity contribution in [2.45, 2.75) is 6.92 Å². The van der Waals surface area contributed by atoms with Crippen molar-refractivity contribution in [3.05, 3.63) is 41.7 Å². The lowest BCUT2D eigenvalue weighted by Gasteiger charge is -2.07. The lowest BCUT2D eigenvalue weighted by molar-refractivity contribution is -0.118. The van der Waals surface area contributed by atoms with Crippen LogP contribution < -0.4 is 15.8 Å². The first kappa shape index (κ1) is 15.0. The van der Waals surface area contributed by atoms with Crippen LogP contribution in [0.4, 0.5) is 5.69 Å². The Labute approximate surface area is 127 Å². The molecule has 0 radical (unpaired) electrons. The zero-order chi connectivity index (χ0) is 15.4. The molecule has 1 aromatic carbocycles. The molecule has 0 atom stereocenters. The van der Waals surface area contributed by atoms with Gasteiger partial charge in [-0.25, -0.2) is 0 Å². The van der Waals surface area contributed by atoms with E-state index < -0.39 is 0 Å². The van der Waals surface area contributed by atoms with Crippen molar-refractivity contribution < 1.29 is 9.53 Å². The van der Waals surface area contributed by atoms with E-state index in [1.807, 2.05) is 6.92 Å². The Bertz CT molecular complexity index is 664. The maximum absolute atomic E-state index is 11.8. The lowest BCUT2D eigenvalue weighted by atomic mass is 10.2. The van der Waals surface area contributed by atoms with Crippen molar-refractivity contribution in [1.82, 2.24) is 9.78 Å². The van der Waals surface area contributed by atoms with Gasteiger partial charge in [-0.3, -0.25) is 9.48 Å². The molecule has 0 aliphatic heterocycles. The molecule has 0 fully saturated rings. The number of hydrogen-bond donors (Lipinski definition) is 2. The van der Waals surface area contributed by atoms with Gasteiger partial charge in [-0.2, -0.15) is 5.10 Å². The molecular weight excluding hydrogens is 288 g/mol. The predicted molar refractivity (Wildman–Crippen MR) is 84.4 cm³/mol. The first-order valence-electron chi connectivity index (χ1n) is 6.28. The Hall–Kier alpha value is -2.41. The summed E-state index contributed by atoms with van der Waals surface area (Å²) < 4.78 is 7.04. The average molecular weight is 304 g/mol. The molecule has 110 valence electrons. The highest BCUT2D eigenvalue weighted by atomic mass is 32.1. The predicted octanol–water partition coefficient (Wildman–Crippen LogP) is 1.38. The van der Waals surface area contributed by atoms with Crippen LogP contribution in [-0.2, 0) is 11.8 Å². The van der Waals surface area contributed by atoms with E-state index in [-0.39, 0.29) is 12.5 Å². The molecule has 0 saturated carbocycles. The molecule has 7 heteroatoms. The number of anilines is 1. The molecule has 0 spiro atoms. The van der Waals surface area contributed by atoms with E-state index in [1.54, 1.807) is 42.2 Å². The zero-order valence-electron chi connectivity index (χ0n) is 11.8. The van der Waals surface area contributed by atoms with Crippen molar-refractivity contribution in [2.24, 2.45) is 12.8 Å². The number of nitrogens with two attached hydrogens (primary N) is 1. The number of nitrogens with zero attached hydrogens (tertiary/aromatic N) is 2. The molecule has 1 amide bonds. The standard InChI is InChI=1S/C14H16N4O2S/c1-9-12(7-18(2)17-9)16-13(19)8-20-11-5-3-10(4-6-11)14(15)21/h3-7H,8H2,1-2H3,(H2,15,21)(H,16,19). The number of nitrogens with one attached hydrogen (secondary N) is 1. The summed E-state index contributed by atoms with van der Waals surface area (Å²) in [6.45, 7) is 1.74. The molecule has 1 aromatic heterocycles. The quantitative estimate of drug-likeness (QED) is 0.816. The third-order valence-electron chi connectivity index (χ3n) is 2.80. The molecule has 0 aliphatic rings. The Balaban J connectivity index is 1.89. The van der Waals surface area contributed by atoms with Crippen LogP contribution in [0, 0.1) is 6.92 Å². The minimum atomic E-state index is -0.246. The molecule has 0 aliphatic carbocycles. The molecule has 3 N–H and O–H groups in total. The van der Waals surface area contributed by atoms with E-state index in [0.717, 1.165) is 11.3 Å². The summed E-state index contributed by atoms with van der Waals surface area (Å²) >= 11 is 4.86. The summed E-state index contributed by atoms with van der Waals surface area (Å²) in [7, 11) is 1.79. The number of carbonyl (C=O) groups is 1. The van der Waals surface area contributed by atoms with E-state index in [1.165, 1.54) is 0 Å². The van der Waals surface area contributed by atoms with Crippen LogP contribution in [0.3, 0.4) is 0 Å². The summed E-state index contributed by atoms with van der Waals surface area (Å²) in [6.07, 6.45) is 1.74. The first-order chi connectivity index (χ1) is 9.95. The van der Waals surface area contributed by atoms with E-state index >= 15 is 0 Å². The van der Waals surface area contributed by atoms with Gasteiger partial charge in [-0.1, -0.05) is 12.2 Å². The molecule has 21 heavy (non-hydrogen) atoms. The SMILES string of the molecule is Cc1nn(C)cc1NC(=O)COc1ccc(C(N)=S)cc1. The number of rotatable bonds is 5. The fourth-order valence-corrected chi connectivity index (χ4v) is 1.91. The van der Waals surface area contributed by atoms with Crippen molar-refractivity contribution in [2.75, 3.05) is 11.9 Å². The lowest BCUT2D eigenvalue weighted by Crippen LogP contribution is -2.20. The molecular formula is C14H16N4O2S. The molecule has 0 bridgehead atoms. The Kier molecular flexibility index (Phi) is 4.54. The number of ether oxygens (including phenoxy) is 1. The van der Waals surface area contributed by atoms with Crippen molar-refractivity contribution >= 4 is 28.8 Å². The number of aryl methyl sites for hydroxylation is 2. The van der Waals surface area contributed by atoms with E-state index in [2.05, 4.69) is 10.4 Å². The van der Waals surface area contributed by atoms with E-state index in [9.17, 15) is 4.79 Å². The zero-order valence-corrected chi connectivity index (χ0v) is 12.6. The highest BCUT2D eigenvalue weighted by Crippen LogP contribution is 2.13. The second-order valence-electron chi connectivity index (χ2n) is 4.53. The monoisotopic (exact) mass is 304 g/mol. The van der Waals surface area contributed by atoms with Gasteiger partial charge in [0.2, 0.25) is 0 Å². The van der Waals surface area contributed by atoms with Gasteiger partial charge < -0.3 is 15.8 Å². The summed E-state index contributed by atoms with van der Waals surface area (Å²) in [5.41, 5.74) is 7.70. The maximum atomic E-state index is 11.8. The van der Waals surface area contributed by atoms with Crippen LogP contribution in [0.15, 0.2) is 30.5 Å². The van der Waals surface area contributed by atoms with Crippen LogP contribution in [0.2, 0.25) is 0 Å². The van der Waals surface area contributed by atoms with Gasteiger partial charge in [0.25, 0.3) is 5.91 Å². The number of benzene rings is 1. The number of carbonyl (C=O) groups excluding carboxylic acids is 1. The molecule has 2 aromatic rings. The van der Waals surface area contributed by atoms with E-state index in [0.29, 0.717) is 16.4 Å². The Morgan fingerprint density at radius 2 is 2.10 bits per heavy atom. The highest BCUT2D eigenvalue weighted by molar-refractivity contribution is 7.80. The molecule has 6 nitrogen and oxygen atoms in total. The normalized spacial score (nSPS) is 10.2. The third-order valence-corrected chi connectivity index (χ3v) is 3.03. The van der Waals surface area contributed by atoms with E-state index in [4.69, 9.17) is 22.7 Å². The highest BCUT2D eigenvalue weighted by Gasteiger charge is 2.08. The minimum Gasteiger partial charge on any atom is -0.484 e. The second kappa shape index (κ2) is 6.36. The van der Waals surface area contributed by atoms with Crippen LogP contribution in [0.25, 0.3) is 0 Å². The number of amides is 1. The second-order valence-corrected chi connectivity index (χ2v) is 4.97. The molecule has 0 saturated heterocycles. The Morgan fingerprint density at radius 3 is 2.62 bits per heavy atom. The Morgan fingerprint density at radius 1 is 1.43 bits per heavy atom. The van der Waals surface area contributed by atoms with Gasteiger partial charge >= 0.3 is 0 Å². The summed E-state index contributed by atoms with van der Waals surface area (Å²) in [5, 5.41) is 6.89. The van der Waals surface area contributed by atoms with Crippen molar-refractivity contribution in [3.8, 4) is 5.75 Å². The van der Waals surface area contributed by atoms with Gasteiger partial charge in [0.1, 0.15) is 10.7 Å².